The van der Waals surface area contributed by atoms with Crippen molar-refractivity contribution in [3.63, 3.8) is 0 Å². The fraction of sp³-hybridized carbons (Fsp3) is 0.588. The Balaban J connectivity index is 3.03. The second-order valence-corrected chi connectivity index (χ2v) is 5.85. The first kappa shape index (κ1) is 14.3. The maximum absolute atomic E-state index is 2.32. The van der Waals surface area contributed by atoms with Crippen molar-refractivity contribution < 1.29 is 0 Å². The Morgan fingerprint density at radius 2 is 1.88 bits per heavy atom. The third-order valence-corrected chi connectivity index (χ3v) is 3.38. The van der Waals surface area contributed by atoms with Crippen LogP contribution in [0.5, 0.6) is 0 Å². The molecule has 17 heavy (non-hydrogen) atoms. The van der Waals surface area contributed by atoms with Crippen molar-refractivity contribution in [2.24, 2.45) is 0 Å². The van der Waals surface area contributed by atoms with Crippen LogP contribution in [0.15, 0.2) is 18.2 Å². The largest absolute Gasteiger partial charge is 0.0623 e. The molecule has 0 aliphatic heterocycles. The average molecular weight is 231 g/mol. The molecule has 0 unspecified atom stereocenters. The lowest BCUT2D eigenvalue weighted by atomic mass is 9.80. The second kappa shape index (κ2) is 6.23. The van der Waals surface area contributed by atoms with Crippen molar-refractivity contribution >= 4 is 0 Å². The van der Waals surface area contributed by atoms with Crippen LogP contribution in [0.3, 0.4) is 0 Å². The fourth-order valence-electron chi connectivity index (χ4n) is 2.45. The molecule has 0 bridgehead atoms. The molecule has 1 radical (unpaired) electrons. The first-order valence-electron chi connectivity index (χ1n) is 6.89. The van der Waals surface area contributed by atoms with Gasteiger partial charge < -0.3 is 0 Å². The summed E-state index contributed by atoms with van der Waals surface area (Å²) in [5, 5.41) is 0. The molecule has 95 valence electrons. The second-order valence-electron chi connectivity index (χ2n) is 5.85. The SMILES string of the molecule is C[CH]CCCc1c(CC)cccc1C(C)(C)C. The number of unbranched alkanes of at least 4 members (excludes halogenated alkanes) is 2. The van der Waals surface area contributed by atoms with Crippen LogP contribution in [-0.4, -0.2) is 0 Å². The predicted molar refractivity (Wildman–Crippen MR) is 77.4 cm³/mol. The van der Waals surface area contributed by atoms with Gasteiger partial charge in [-0.05, 0) is 47.8 Å². The Morgan fingerprint density at radius 3 is 2.41 bits per heavy atom. The average Bonchev–Trinajstić information content (AvgIpc) is 2.28. The van der Waals surface area contributed by atoms with Gasteiger partial charge in [0.2, 0.25) is 0 Å². The van der Waals surface area contributed by atoms with Gasteiger partial charge in [-0.25, -0.2) is 0 Å². The van der Waals surface area contributed by atoms with E-state index in [1.54, 1.807) is 5.56 Å². The number of hydrogen-bond donors (Lipinski definition) is 0. The highest BCUT2D eigenvalue weighted by atomic mass is 14.2. The van der Waals surface area contributed by atoms with Gasteiger partial charge in [-0.15, -0.1) is 0 Å². The molecule has 0 fully saturated rings. The zero-order valence-electron chi connectivity index (χ0n) is 12.1. The van der Waals surface area contributed by atoms with E-state index in [9.17, 15) is 0 Å². The summed E-state index contributed by atoms with van der Waals surface area (Å²) in [6.45, 7) is 11.4. The van der Waals surface area contributed by atoms with Crippen molar-refractivity contribution in [2.45, 2.75) is 65.7 Å². The molecule has 0 aromatic heterocycles. The minimum Gasteiger partial charge on any atom is -0.0623 e. The lowest BCUT2D eigenvalue weighted by molar-refractivity contribution is 0.578. The molecule has 0 amide bonds. The summed E-state index contributed by atoms with van der Waals surface area (Å²) in [6.07, 6.45) is 7.14. The smallest absolute Gasteiger partial charge is 0.0129 e. The molecule has 0 nitrogen and oxygen atoms in total. The first-order valence-corrected chi connectivity index (χ1v) is 6.89. The van der Waals surface area contributed by atoms with Gasteiger partial charge in [-0.2, -0.15) is 0 Å². The lowest BCUT2D eigenvalue weighted by Crippen LogP contribution is -2.15. The topological polar surface area (TPSA) is 0 Å². The highest BCUT2D eigenvalue weighted by Gasteiger charge is 2.18. The molecule has 0 heterocycles. The minimum atomic E-state index is 0.260. The molecular weight excluding hydrogens is 204 g/mol. The van der Waals surface area contributed by atoms with Crippen molar-refractivity contribution in [1.82, 2.24) is 0 Å². The normalized spacial score (nSPS) is 11.8. The van der Waals surface area contributed by atoms with E-state index in [0.29, 0.717) is 0 Å². The van der Waals surface area contributed by atoms with E-state index in [4.69, 9.17) is 0 Å². The molecule has 0 aliphatic carbocycles. The van der Waals surface area contributed by atoms with E-state index in [1.807, 2.05) is 0 Å². The summed E-state index contributed by atoms with van der Waals surface area (Å²) in [5.41, 5.74) is 4.93. The predicted octanol–water partition coefficient (Wildman–Crippen LogP) is 5.09. The summed E-state index contributed by atoms with van der Waals surface area (Å²) in [7, 11) is 0. The van der Waals surface area contributed by atoms with Crippen LogP contribution >= 0.6 is 0 Å². The molecule has 0 atom stereocenters. The van der Waals surface area contributed by atoms with Crippen LogP contribution in [0.25, 0.3) is 0 Å². The minimum absolute atomic E-state index is 0.260. The van der Waals surface area contributed by atoms with Crippen LogP contribution in [0, 0.1) is 6.42 Å². The van der Waals surface area contributed by atoms with E-state index in [1.165, 1.54) is 30.4 Å². The Kier molecular flexibility index (Phi) is 5.24. The number of rotatable bonds is 5. The molecule has 0 N–H and O–H groups in total. The summed E-state index contributed by atoms with van der Waals surface area (Å²) in [6, 6.07) is 6.82. The fourth-order valence-corrected chi connectivity index (χ4v) is 2.45. The third-order valence-electron chi connectivity index (χ3n) is 3.38. The molecule has 0 aliphatic rings. The molecule has 1 rings (SSSR count). The lowest BCUT2D eigenvalue weighted by Gasteiger charge is -2.25. The van der Waals surface area contributed by atoms with Gasteiger partial charge in [0.25, 0.3) is 0 Å². The van der Waals surface area contributed by atoms with Gasteiger partial charge in [0, 0.05) is 0 Å². The van der Waals surface area contributed by atoms with Gasteiger partial charge in [-0.3, -0.25) is 0 Å². The Labute approximate surface area is 107 Å². The van der Waals surface area contributed by atoms with Gasteiger partial charge in [0.05, 0.1) is 0 Å². The summed E-state index contributed by atoms with van der Waals surface area (Å²) >= 11 is 0. The van der Waals surface area contributed by atoms with Gasteiger partial charge >= 0.3 is 0 Å². The van der Waals surface area contributed by atoms with Gasteiger partial charge in [0.15, 0.2) is 0 Å². The third kappa shape index (κ3) is 3.87. The standard InChI is InChI=1S/C17H27/c1-6-8-9-12-15-14(7-2)11-10-13-16(15)17(3,4)5/h6,10-11,13H,7-9,12H2,1-5H3. The summed E-state index contributed by atoms with van der Waals surface area (Å²) < 4.78 is 0. The Bertz CT molecular complexity index is 342. The van der Waals surface area contributed by atoms with Crippen molar-refractivity contribution in [3.05, 3.63) is 41.3 Å². The number of hydrogen-bond acceptors (Lipinski definition) is 0. The van der Waals surface area contributed by atoms with Gasteiger partial charge in [0.1, 0.15) is 0 Å². The van der Waals surface area contributed by atoms with Crippen LogP contribution in [-0.2, 0) is 18.3 Å². The highest BCUT2D eigenvalue weighted by molar-refractivity contribution is 5.39. The summed E-state index contributed by atoms with van der Waals surface area (Å²) in [5.74, 6) is 0. The first-order chi connectivity index (χ1) is 8.00. The molecule has 0 heteroatoms. The van der Waals surface area contributed by atoms with E-state index in [2.05, 4.69) is 59.2 Å². The van der Waals surface area contributed by atoms with Crippen LogP contribution < -0.4 is 0 Å². The van der Waals surface area contributed by atoms with Crippen molar-refractivity contribution in [3.8, 4) is 0 Å². The number of benzene rings is 1. The van der Waals surface area contributed by atoms with Crippen molar-refractivity contribution in [2.75, 3.05) is 0 Å². The number of aryl methyl sites for hydroxylation is 1. The van der Waals surface area contributed by atoms with Crippen LogP contribution in [0.2, 0.25) is 0 Å². The van der Waals surface area contributed by atoms with E-state index >= 15 is 0 Å². The molecule has 0 saturated carbocycles. The van der Waals surface area contributed by atoms with E-state index < -0.39 is 0 Å². The highest BCUT2D eigenvalue weighted by Crippen LogP contribution is 2.29. The van der Waals surface area contributed by atoms with Gasteiger partial charge in [-0.1, -0.05) is 59.2 Å². The monoisotopic (exact) mass is 231 g/mol. The van der Waals surface area contributed by atoms with Crippen LogP contribution in [0.1, 0.15) is 64.2 Å². The van der Waals surface area contributed by atoms with E-state index in [0.717, 1.165) is 6.42 Å². The molecule has 1 aromatic rings. The van der Waals surface area contributed by atoms with Crippen LogP contribution in [0.4, 0.5) is 0 Å². The zero-order chi connectivity index (χ0) is 12.9. The zero-order valence-corrected chi connectivity index (χ0v) is 12.1. The Hall–Kier alpha value is -0.780. The maximum Gasteiger partial charge on any atom is -0.0129 e. The molecule has 0 saturated heterocycles. The molecule has 0 spiro atoms. The Morgan fingerprint density at radius 1 is 1.18 bits per heavy atom. The molecule has 1 aromatic carbocycles. The molecular formula is C17H27. The maximum atomic E-state index is 2.32. The quantitative estimate of drug-likeness (QED) is 0.619. The van der Waals surface area contributed by atoms with E-state index in [-0.39, 0.29) is 5.41 Å². The summed E-state index contributed by atoms with van der Waals surface area (Å²) in [4.78, 5) is 0. The van der Waals surface area contributed by atoms with Crippen molar-refractivity contribution in [1.29, 1.82) is 0 Å².